The first-order valence-corrected chi connectivity index (χ1v) is 5.84. The fraction of sp³-hybridized carbons (Fsp3) is 0.538. The fourth-order valence-corrected chi connectivity index (χ4v) is 2.07. The molecule has 1 atom stereocenters. The molecule has 1 heterocycles. The van der Waals surface area contributed by atoms with E-state index in [1.807, 2.05) is 13.8 Å². The van der Waals surface area contributed by atoms with Crippen LogP contribution in [0, 0.1) is 0 Å². The molecule has 5 heteroatoms. The van der Waals surface area contributed by atoms with E-state index in [0.29, 0.717) is 18.7 Å². The number of hydrogen-bond acceptors (Lipinski definition) is 2. The second-order valence-electron chi connectivity index (χ2n) is 5.12. The van der Waals surface area contributed by atoms with Gasteiger partial charge >= 0.3 is 6.18 Å². The molecule has 0 unspecified atom stereocenters. The molecule has 2 nitrogen and oxygen atoms in total. The summed E-state index contributed by atoms with van der Waals surface area (Å²) in [6.07, 6.45) is -4.65. The summed E-state index contributed by atoms with van der Waals surface area (Å²) >= 11 is 0. The van der Waals surface area contributed by atoms with Crippen LogP contribution in [0.1, 0.15) is 31.1 Å². The number of hydrogen-bond donors (Lipinski definition) is 1. The Morgan fingerprint density at radius 1 is 1.33 bits per heavy atom. The molecule has 0 aromatic heterocycles. The van der Waals surface area contributed by atoms with Crippen molar-refractivity contribution in [2.24, 2.45) is 0 Å². The number of ether oxygens (including phenoxy) is 1. The predicted octanol–water partition coefficient (Wildman–Crippen LogP) is 3.14. The van der Waals surface area contributed by atoms with E-state index >= 15 is 0 Å². The summed E-state index contributed by atoms with van der Waals surface area (Å²) in [5, 5.41) is 3.18. The first-order valence-electron chi connectivity index (χ1n) is 5.84. The molecule has 1 N–H and O–H groups in total. The summed E-state index contributed by atoms with van der Waals surface area (Å²) in [5.41, 5.74) is -0.436. The topological polar surface area (TPSA) is 21.3 Å². The first kappa shape index (κ1) is 13.4. The Morgan fingerprint density at radius 3 is 2.67 bits per heavy atom. The Bertz CT molecular complexity index is 428. The first-order chi connectivity index (χ1) is 8.28. The Balaban J connectivity index is 2.23. The summed E-state index contributed by atoms with van der Waals surface area (Å²) in [6, 6.07) is 5.32. The molecule has 1 fully saturated rings. The number of alkyl halides is 3. The minimum Gasteiger partial charge on any atom is -0.365 e. The maximum atomic E-state index is 12.6. The van der Waals surface area contributed by atoms with Crippen LogP contribution in [0.15, 0.2) is 24.3 Å². The van der Waals surface area contributed by atoms with Gasteiger partial charge in [-0.3, -0.25) is 0 Å². The smallest absolute Gasteiger partial charge is 0.365 e. The van der Waals surface area contributed by atoms with E-state index < -0.39 is 11.7 Å². The van der Waals surface area contributed by atoms with Crippen molar-refractivity contribution in [1.82, 2.24) is 5.32 Å². The van der Waals surface area contributed by atoms with Gasteiger partial charge < -0.3 is 10.1 Å². The van der Waals surface area contributed by atoms with Gasteiger partial charge in [0.05, 0.1) is 17.3 Å². The van der Waals surface area contributed by atoms with Crippen molar-refractivity contribution in [3.05, 3.63) is 35.4 Å². The quantitative estimate of drug-likeness (QED) is 0.836. The molecule has 1 aliphatic rings. The molecule has 1 saturated heterocycles. The van der Waals surface area contributed by atoms with Crippen molar-refractivity contribution >= 4 is 0 Å². The Labute approximate surface area is 104 Å². The Hall–Kier alpha value is -1.07. The van der Waals surface area contributed by atoms with Crippen LogP contribution in [0.4, 0.5) is 13.2 Å². The molecule has 1 aromatic rings. The van der Waals surface area contributed by atoms with Crippen LogP contribution >= 0.6 is 0 Å². The average Bonchev–Trinajstić information content (AvgIpc) is 2.27. The zero-order valence-electron chi connectivity index (χ0n) is 10.3. The second kappa shape index (κ2) is 4.55. The van der Waals surface area contributed by atoms with E-state index in [2.05, 4.69) is 5.32 Å². The fourth-order valence-electron chi connectivity index (χ4n) is 2.07. The molecule has 0 saturated carbocycles. The number of halogens is 3. The van der Waals surface area contributed by atoms with Crippen LogP contribution in [0.2, 0.25) is 0 Å². The zero-order valence-corrected chi connectivity index (χ0v) is 10.3. The van der Waals surface area contributed by atoms with E-state index in [9.17, 15) is 13.2 Å². The summed E-state index contributed by atoms with van der Waals surface area (Å²) in [5.74, 6) is 0. The summed E-state index contributed by atoms with van der Waals surface area (Å²) in [7, 11) is 0. The largest absolute Gasteiger partial charge is 0.416 e. The van der Waals surface area contributed by atoms with Gasteiger partial charge in [-0.1, -0.05) is 12.1 Å². The SMILES string of the molecule is CC1(C)CNC[C@@H](c2cccc(C(F)(F)F)c2)O1. The Kier molecular flexibility index (Phi) is 3.38. The monoisotopic (exact) mass is 259 g/mol. The van der Waals surface area contributed by atoms with Gasteiger partial charge in [0.2, 0.25) is 0 Å². The highest BCUT2D eigenvalue weighted by atomic mass is 19.4. The third-order valence-electron chi connectivity index (χ3n) is 2.93. The number of nitrogens with one attached hydrogen (secondary N) is 1. The summed E-state index contributed by atoms with van der Waals surface area (Å²) in [4.78, 5) is 0. The third-order valence-corrected chi connectivity index (χ3v) is 2.93. The number of rotatable bonds is 1. The number of benzene rings is 1. The molecule has 1 aliphatic heterocycles. The highest BCUT2D eigenvalue weighted by molar-refractivity contribution is 5.28. The molecule has 100 valence electrons. The molecule has 0 spiro atoms. The lowest BCUT2D eigenvalue weighted by atomic mass is 10.0. The minimum atomic E-state index is -4.31. The molecule has 1 aromatic carbocycles. The maximum absolute atomic E-state index is 12.6. The van der Waals surface area contributed by atoms with Crippen LogP contribution in [0.25, 0.3) is 0 Å². The van der Waals surface area contributed by atoms with Crippen LogP contribution in [-0.2, 0) is 10.9 Å². The van der Waals surface area contributed by atoms with Gasteiger partial charge in [-0.15, -0.1) is 0 Å². The van der Waals surface area contributed by atoms with Crippen molar-refractivity contribution in [3.63, 3.8) is 0 Å². The van der Waals surface area contributed by atoms with Crippen LogP contribution in [0.5, 0.6) is 0 Å². The molecule has 0 bridgehead atoms. The van der Waals surface area contributed by atoms with Gasteiger partial charge in [-0.05, 0) is 31.5 Å². The van der Waals surface area contributed by atoms with Crippen LogP contribution in [-0.4, -0.2) is 18.7 Å². The van der Waals surface area contributed by atoms with Gasteiger partial charge in [0.15, 0.2) is 0 Å². The van der Waals surface area contributed by atoms with E-state index in [-0.39, 0.29) is 11.7 Å². The minimum absolute atomic E-state index is 0.337. The molecular weight excluding hydrogens is 243 g/mol. The van der Waals surface area contributed by atoms with Gasteiger partial charge in [-0.2, -0.15) is 13.2 Å². The molecular formula is C13H16F3NO. The van der Waals surface area contributed by atoms with Crippen molar-refractivity contribution in [1.29, 1.82) is 0 Å². The van der Waals surface area contributed by atoms with Crippen molar-refractivity contribution < 1.29 is 17.9 Å². The molecule has 0 aliphatic carbocycles. The molecule has 0 radical (unpaired) electrons. The standard InChI is InChI=1S/C13H16F3NO/c1-12(2)8-17-7-11(18-12)9-4-3-5-10(6-9)13(14,15)16/h3-6,11,17H,7-8H2,1-2H3/t11-/m0/s1. The normalized spacial score (nSPS) is 23.9. The highest BCUT2D eigenvalue weighted by Gasteiger charge is 2.33. The summed E-state index contributed by atoms with van der Waals surface area (Å²) < 4.78 is 43.7. The van der Waals surface area contributed by atoms with Gasteiger partial charge in [-0.25, -0.2) is 0 Å². The average molecular weight is 259 g/mol. The van der Waals surface area contributed by atoms with Crippen LogP contribution < -0.4 is 5.32 Å². The number of morpholine rings is 1. The van der Waals surface area contributed by atoms with Gasteiger partial charge in [0.25, 0.3) is 0 Å². The highest BCUT2D eigenvalue weighted by Crippen LogP contribution is 2.33. The lowest BCUT2D eigenvalue weighted by molar-refractivity contribution is -0.137. The second-order valence-corrected chi connectivity index (χ2v) is 5.12. The maximum Gasteiger partial charge on any atom is 0.416 e. The van der Waals surface area contributed by atoms with Gasteiger partial charge in [0.1, 0.15) is 0 Å². The summed E-state index contributed by atoms with van der Waals surface area (Å²) in [6.45, 7) is 5.06. The lowest BCUT2D eigenvalue weighted by Gasteiger charge is -2.37. The predicted molar refractivity (Wildman–Crippen MR) is 62.2 cm³/mol. The Morgan fingerprint density at radius 2 is 2.06 bits per heavy atom. The van der Waals surface area contributed by atoms with E-state index in [1.165, 1.54) is 6.07 Å². The third kappa shape index (κ3) is 3.03. The van der Waals surface area contributed by atoms with E-state index in [1.54, 1.807) is 6.07 Å². The van der Waals surface area contributed by atoms with Crippen molar-refractivity contribution in [3.8, 4) is 0 Å². The van der Waals surface area contributed by atoms with E-state index in [0.717, 1.165) is 12.1 Å². The lowest BCUT2D eigenvalue weighted by Crippen LogP contribution is -2.46. The van der Waals surface area contributed by atoms with Crippen LogP contribution in [0.3, 0.4) is 0 Å². The molecule has 0 amide bonds. The van der Waals surface area contributed by atoms with Crippen molar-refractivity contribution in [2.75, 3.05) is 13.1 Å². The molecule has 2 rings (SSSR count). The van der Waals surface area contributed by atoms with E-state index in [4.69, 9.17) is 4.74 Å². The zero-order chi connectivity index (χ0) is 13.4. The molecule has 18 heavy (non-hydrogen) atoms. The van der Waals surface area contributed by atoms with Gasteiger partial charge in [0, 0.05) is 13.1 Å². The van der Waals surface area contributed by atoms with Crippen molar-refractivity contribution in [2.45, 2.75) is 31.7 Å².